The molecule has 130 valence electrons. The molecule has 0 bridgehead atoms. The van der Waals surface area contributed by atoms with Gasteiger partial charge in [0.05, 0.1) is 5.69 Å². The van der Waals surface area contributed by atoms with Crippen LogP contribution in [-0.4, -0.2) is 42.9 Å². The molecule has 0 aliphatic rings. The SMILES string of the molecule is CC(C)Cc1nnc(NC(=O)COc2ccc(-n3cnnn3)cc2)s1. The van der Waals surface area contributed by atoms with Crippen molar-refractivity contribution in [2.45, 2.75) is 20.3 Å². The van der Waals surface area contributed by atoms with E-state index in [0.717, 1.165) is 17.1 Å². The average molecular weight is 359 g/mol. The number of hydrogen-bond donors (Lipinski definition) is 1. The number of anilines is 1. The summed E-state index contributed by atoms with van der Waals surface area (Å²) in [4.78, 5) is 11.9. The van der Waals surface area contributed by atoms with Crippen molar-refractivity contribution in [1.29, 1.82) is 0 Å². The molecule has 1 amide bonds. The fourth-order valence-electron chi connectivity index (χ4n) is 2.01. The quantitative estimate of drug-likeness (QED) is 0.684. The molecular weight excluding hydrogens is 342 g/mol. The molecule has 3 rings (SSSR count). The van der Waals surface area contributed by atoms with E-state index in [9.17, 15) is 4.79 Å². The van der Waals surface area contributed by atoms with Crippen LogP contribution in [0.4, 0.5) is 5.13 Å². The molecule has 1 aromatic carbocycles. The van der Waals surface area contributed by atoms with E-state index in [1.54, 1.807) is 24.3 Å². The van der Waals surface area contributed by atoms with Gasteiger partial charge in [0.25, 0.3) is 5.91 Å². The summed E-state index contributed by atoms with van der Waals surface area (Å²) in [5.74, 6) is 0.789. The van der Waals surface area contributed by atoms with Crippen molar-refractivity contribution in [3.8, 4) is 11.4 Å². The summed E-state index contributed by atoms with van der Waals surface area (Å²) in [5, 5.41) is 23.0. The van der Waals surface area contributed by atoms with E-state index < -0.39 is 0 Å². The molecule has 0 fully saturated rings. The molecule has 9 nitrogen and oxygen atoms in total. The van der Waals surface area contributed by atoms with Crippen LogP contribution in [0.1, 0.15) is 18.9 Å². The lowest BCUT2D eigenvalue weighted by molar-refractivity contribution is -0.118. The summed E-state index contributed by atoms with van der Waals surface area (Å²) in [6.45, 7) is 4.11. The van der Waals surface area contributed by atoms with E-state index in [4.69, 9.17) is 4.74 Å². The second-order valence-corrected chi connectivity index (χ2v) is 6.75. The highest BCUT2D eigenvalue weighted by Crippen LogP contribution is 2.18. The van der Waals surface area contributed by atoms with Gasteiger partial charge in [0.2, 0.25) is 5.13 Å². The molecule has 3 aromatic rings. The largest absolute Gasteiger partial charge is 0.484 e. The van der Waals surface area contributed by atoms with Crippen LogP contribution in [0.25, 0.3) is 5.69 Å². The molecule has 0 unspecified atom stereocenters. The fourth-order valence-corrected chi connectivity index (χ4v) is 2.98. The standard InChI is InChI=1S/C15H17N7O2S/c1-10(2)7-14-18-19-15(25-14)17-13(23)8-24-12-5-3-11(4-6-12)22-9-16-20-21-22/h3-6,9-10H,7-8H2,1-2H3,(H,17,19,23). The number of tetrazole rings is 1. The molecule has 0 atom stereocenters. The Morgan fingerprint density at radius 1 is 1.28 bits per heavy atom. The maximum atomic E-state index is 11.9. The molecule has 0 aliphatic heterocycles. The summed E-state index contributed by atoms with van der Waals surface area (Å²) in [7, 11) is 0. The van der Waals surface area contributed by atoms with Crippen molar-refractivity contribution in [2.24, 2.45) is 5.92 Å². The zero-order valence-corrected chi connectivity index (χ0v) is 14.6. The minimum absolute atomic E-state index is 0.108. The zero-order chi connectivity index (χ0) is 17.6. The van der Waals surface area contributed by atoms with Gasteiger partial charge in [-0.05, 0) is 40.6 Å². The fraction of sp³-hybridized carbons (Fsp3) is 0.333. The van der Waals surface area contributed by atoms with Crippen LogP contribution >= 0.6 is 11.3 Å². The van der Waals surface area contributed by atoms with Gasteiger partial charge >= 0.3 is 0 Å². The highest BCUT2D eigenvalue weighted by atomic mass is 32.1. The second-order valence-electron chi connectivity index (χ2n) is 5.68. The Morgan fingerprint density at radius 3 is 2.76 bits per heavy atom. The lowest BCUT2D eigenvalue weighted by Crippen LogP contribution is -2.20. The monoisotopic (exact) mass is 359 g/mol. The van der Waals surface area contributed by atoms with Crippen LogP contribution in [-0.2, 0) is 11.2 Å². The number of ether oxygens (including phenoxy) is 1. The van der Waals surface area contributed by atoms with Gasteiger partial charge in [0.1, 0.15) is 17.1 Å². The van der Waals surface area contributed by atoms with Gasteiger partial charge in [-0.3, -0.25) is 10.1 Å². The number of amides is 1. The Morgan fingerprint density at radius 2 is 2.08 bits per heavy atom. The Bertz CT molecular complexity index is 815. The number of rotatable bonds is 7. The van der Waals surface area contributed by atoms with Crippen molar-refractivity contribution in [3.05, 3.63) is 35.6 Å². The number of nitrogens with one attached hydrogen (secondary N) is 1. The lowest BCUT2D eigenvalue weighted by atomic mass is 10.1. The van der Waals surface area contributed by atoms with E-state index in [0.29, 0.717) is 16.8 Å². The number of carbonyl (C=O) groups excluding carboxylic acids is 1. The van der Waals surface area contributed by atoms with Crippen LogP contribution in [0.2, 0.25) is 0 Å². The molecule has 2 heterocycles. The van der Waals surface area contributed by atoms with Crippen LogP contribution in [0.15, 0.2) is 30.6 Å². The van der Waals surface area contributed by atoms with Crippen molar-refractivity contribution in [3.63, 3.8) is 0 Å². The second kappa shape index (κ2) is 7.79. The lowest BCUT2D eigenvalue weighted by Gasteiger charge is -2.06. The Labute approximate surface area is 148 Å². The van der Waals surface area contributed by atoms with Gasteiger partial charge in [-0.25, -0.2) is 4.68 Å². The highest BCUT2D eigenvalue weighted by molar-refractivity contribution is 7.15. The number of hydrogen-bond acceptors (Lipinski definition) is 8. The van der Waals surface area contributed by atoms with Gasteiger partial charge in [-0.2, -0.15) is 0 Å². The average Bonchev–Trinajstić information content (AvgIpc) is 3.25. The third-order valence-electron chi connectivity index (χ3n) is 3.12. The van der Waals surface area contributed by atoms with E-state index in [2.05, 4.69) is 44.9 Å². The first-order valence-corrected chi connectivity index (χ1v) is 8.50. The minimum atomic E-state index is -0.281. The number of aromatic nitrogens is 6. The maximum absolute atomic E-state index is 11.9. The van der Waals surface area contributed by atoms with E-state index in [1.807, 2.05) is 0 Å². The van der Waals surface area contributed by atoms with Crippen molar-refractivity contribution in [2.75, 3.05) is 11.9 Å². The van der Waals surface area contributed by atoms with Gasteiger partial charge in [-0.15, -0.1) is 15.3 Å². The van der Waals surface area contributed by atoms with Crippen LogP contribution in [0.3, 0.4) is 0 Å². The summed E-state index contributed by atoms with van der Waals surface area (Å²) in [6, 6.07) is 7.09. The van der Waals surface area contributed by atoms with Gasteiger partial charge in [0.15, 0.2) is 6.61 Å². The van der Waals surface area contributed by atoms with E-state index >= 15 is 0 Å². The van der Waals surface area contributed by atoms with Crippen LogP contribution < -0.4 is 10.1 Å². The molecule has 0 aliphatic carbocycles. The Balaban J connectivity index is 1.49. The summed E-state index contributed by atoms with van der Waals surface area (Å²) in [6.07, 6.45) is 2.34. The predicted molar refractivity (Wildman–Crippen MR) is 91.7 cm³/mol. The zero-order valence-electron chi connectivity index (χ0n) is 13.8. The van der Waals surface area contributed by atoms with E-state index in [1.165, 1.54) is 22.3 Å². The predicted octanol–water partition coefficient (Wildman–Crippen LogP) is 1.73. The summed E-state index contributed by atoms with van der Waals surface area (Å²) < 4.78 is 7.00. The highest BCUT2D eigenvalue weighted by Gasteiger charge is 2.10. The smallest absolute Gasteiger partial charge is 0.264 e. The van der Waals surface area contributed by atoms with Gasteiger partial charge < -0.3 is 4.74 Å². The van der Waals surface area contributed by atoms with Gasteiger partial charge in [-0.1, -0.05) is 25.2 Å². The summed E-state index contributed by atoms with van der Waals surface area (Å²) >= 11 is 1.38. The van der Waals surface area contributed by atoms with Crippen molar-refractivity contribution >= 4 is 22.4 Å². The first kappa shape index (κ1) is 17.0. The minimum Gasteiger partial charge on any atom is -0.484 e. The molecule has 0 radical (unpaired) electrons. The molecule has 0 saturated heterocycles. The third kappa shape index (κ3) is 4.80. The third-order valence-corrected chi connectivity index (χ3v) is 3.98. The van der Waals surface area contributed by atoms with E-state index in [-0.39, 0.29) is 12.5 Å². The molecule has 0 saturated carbocycles. The molecule has 0 spiro atoms. The summed E-state index contributed by atoms with van der Waals surface area (Å²) in [5.41, 5.74) is 0.799. The Kier molecular flexibility index (Phi) is 5.29. The maximum Gasteiger partial charge on any atom is 0.264 e. The first-order valence-electron chi connectivity index (χ1n) is 7.68. The number of benzene rings is 1. The van der Waals surface area contributed by atoms with Crippen molar-refractivity contribution in [1.82, 2.24) is 30.4 Å². The molecule has 1 N–H and O–H groups in total. The molecule has 25 heavy (non-hydrogen) atoms. The first-order chi connectivity index (χ1) is 12.1. The topological polar surface area (TPSA) is 108 Å². The van der Waals surface area contributed by atoms with Crippen LogP contribution in [0, 0.1) is 5.92 Å². The molecule has 2 aromatic heterocycles. The van der Waals surface area contributed by atoms with Crippen molar-refractivity contribution < 1.29 is 9.53 Å². The molecule has 10 heteroatoms. The number of nitrogens with zero attached hydrogens (tertiary/aromatic N) is 6. The number of carbonyl (C=O) groups is 1. The Hall–Kier alpha value is -2.88. The molecular formula is C15H17N7O2S. The van der Waals surface area contributed by atoms with Crippen LogP contribution in [0.5, 0.6) is 5.75 Å². The van der Waals surface area contributed by atoms with Gasteiger partial charge in [0, 0.05) is 6.42 Å². The normalized spacial score (nSPS) is 10.8.